The van der Waals surface area contributed by atoms with Crippen molar-refractivity contribution in [2.24, 2.45) is 11.8 Å². The number of nitrogens with zero attached hydrogens (tertiary/aromatic N) is 1. The van der Waals surface area contributed by atoms with E-state index in [-0.39, 0.29) is 19.2 Å². The van der Waals surface area contributed by atoms with E-state index in [2.05, 4.69) is 12.2 Å². The van der Waals surface area contributed by atoms with Crippen LogP contribution in [0.25, 0.3) is 0 Å². The number of carbonyl (C=O) groups excluding carboxylic acids is 1. The van der Waals surface area contributed by atoms with Crippen molar-refractivity contribution in [3.8, 4) is 0 Å². The van der Waals surface area contributed by atoms with Gasteiger partial charge in [-0.05, 0) is 12.3 Å². The average Bonchev–Trinajstić information content (AvgIpc) is 2.86. The van der Waals surface area contributed by atoms with E-state index in [1.54, 1.807) is 4.90 Å². The Balaban J connectivity index is 1.88. The van der Waals surface area contributed by atoms with E-state index in [1.165, 1.54) is 0 Å². The summed E-state index contributed by atoms with van der Waals surface area (Å²) in [5, 5.41) is 11.7. The van der Waals surface area contributed by atoms with Gasteiger partial charge in [0.1, 0.15) is 5.92 Å². The summed E-state index contributed by atoms with van der Waals surface area (Å²) in [6.07, 6.45) is 1.01. The van der Waals surface area contributed by atoms with Gasteiger partial charge in [-0.3, -0.25) is 4.79 Å². The Labute approximate surface area is 99.9 Å². The van der Waals surface area contributed by atoms with Gasteiger partial charge in [-0.1, -0.05) is 6.92 Å². The molecule has 2 amide bonds. The SMILES string of the molecule is CC1CCN(C(=O)NC2COCC2C(=O)O)C1. The van der Waals surface area contributed by atoms with E-state index in [4.69, 9.17) is 9.84 Å². The van der Waals surface area contributed by atoms with E-state index >= 15 is 0 Å². The lowest BCUT2D eigenvalue weighted by Crippen LogP contribution is -2.48. The van der Waals surface area contributed by atoms with E-state index in [0.29, 0.717) is 5.92 Å². The van der Waals surface area contributed by atoms with Crippen molar-refractivity contribution in [2.75, 3.05) is 26.3 Å². The van der Waals surface area contributed by atoms with Crippen LogP contribution in [0.4, 0.5) is 4.79 Å². The van der Waals surface area contributed by atoms with Gasteiger partial charge >= 0.3 is 12.0 Å². The second-order valence-corrected chi connectivity index (χ2v) is 4.88. The molecule has 6 nitrogen and oxygen atoms in total. The third-order valence-electron chi connectivity index (χ3n) is 3.42. The third-order valence-corrected chi connectivity index (χ3v) is 3.42. The molecule has 0 aliphatic carbocycles. The fourth-order valence-electron chi connectivity index (χ4n) is 2.31. The summed E-state index contributed by atoms with van der Waals surface area (Å²) in [6, 6.07) is -0.577. The minimum absolute atomic E-state index is 0.170. The molecule has 17 heavy (non-hydrogen) atoms. The quantitative estimate of drug-likeness (QED) is 0.721. The molecule has 0 bridgehead atoms. The zero-order chi connectivity index (χ0) is 12.4. The van der Waals surface area contributed by atoms with Crippen molar-refractivity contribution in [3.63, 3.8) is 0 Å². The summed E-state index contributed by atoms with van der Waals surface area (Å²) in [4.78, 5) is 24.5. The highest BCUT2D eigenvalue weighted by atomic mass is 16.5. The van der Waals surface area contributed by atoms with Crippen LogP contribution in [-0.4, -0.2) is 54.4 Å². The lowest BCUT2D eigenvalue weighted by atomic mass is 10.0. The van der Waals surface area contributed by atoms with Gasteiger partial charge in [0.15, 0.2) is 0 Å². The number of rotatable bonds is 2. The standard InChI is InChI=1S/C11H18N2O4/c1-7-2-3-13(4-7)11(16)12-9-6-17-5-8(9)10(14)15/h7-9H,2-6H2,1H3,(H,12,16)(H,14,15). The highest BCUT2D eigenvalue weighted by molar-refractivity contribution is 5.77. The van der Waals surface area contributed by atoms with Gasteiger partial charge in [-0.2, -0.15) is 0 Å². The summed E-state index contributed by atoms with van der Waals surface area (Å²) in [5.74, 6) is -1.02. The summed E-state index contributed by atoms with van der Waals surface area (Å²) in [5.41, 5.74) is 0. The van der Waals surface area contributed by atoms with Crippen LogP contribution < -0.4 is 5.32 Å². The molecular formula is C11H18N2O4. The summed E-state index contributed by atoms with van der Waals surface area (Å²) >= 11 is 0. The van der Waals surface area contributed by atoms with Crippen LogP contribution in [0, 0.1) is 11.8 Å². The fraction of sp³-hybridized carbons (Fsp3) is 0.818. The van der Waals surface area contributed by atoms with Crippen LogP contribution >= 0.6 is 0 Å². The maximum absolute atomic E-state index is 11.9. The Morgan fingerprint density at radius 2 is 2.18 bits per heavy atom. The highest BCUT2D eigenvalue weighted by Crippen LogP contribution is 2.17. The number of aliphatic carboxylic acids is 1. The molecule has 0 radical (unpaired) electrons. The first kappa shape index (κ1) is 12.2. The molecule has 0 spiro atoms. The lowest BCUT2D eigenvalue weighted by Gasteiger charge is -2.21. The first-order valence-electron chi connectivity index (χ1n) is 5.94. The smallest absolute Gasteiger partial charge is 0.317 e. The molecule has 3 unspecified atom stereocenters. The van der Waals surface area contributed by atoms with Gasteiger partial charge in [-0.25, -0.2) is 4.79 Å². The largest absolute Gasteiger partial charge is 0.481 e. The molecule has 0 aromatic carbocycles. The number of amides is 2. The van der Waals surface area contributed by atoms with E-state index in [1.807, 2.05) is 0 Å². The Bertz CT molecular complexity index is 321. The number of hydrogen-bond donors (Lipinski definition) is 2. The van der Waals surface area contributed by atoms with Gasteiger partial charge < -0.3 is 20.1 Å². The van der Waals surface area contributed by atoms with E-state index < -0.39 is 17.9 Å². The molecule has 2 fully saturated rings. The summed E-state index contributed by atoms with van der Waals surface area (Å²) < 4.78 is 5.10. The zero-order valence-corrected chi connectivity index (χ0v) is 9.89. The molecule has 0 aromatic rings. The minimum Gasteiger partial charge on any atom is -0.481 e. The van der Waals surface area contributed by atoms with Gasteiger partial charge in [0.25, 0.3) is 0 Å². The molecule has 2 heterocycles. The minimum atomic E-state index is -0.914. The van der Waals surface area contributed by atoms with Gasteiger partial charge in [0, 0.05) is 13.1 Å². The molecule has 0 saturated carbocycles. The molecule has 2 N–H and O–H groups in total. The molecule has 2 aliphatic rings. The second kappa shape index (κ2) is 4.91. The molecule has 2 rings (SSSR count). The number of ether oxygens (including phenoxy) is 1. The Kier molecular flexibility index (Phi) is 3.51. The molecular weight excluding hydrogens is 224 g/mol. The van der Waals surface area contributed by atoms with Gasteiger partial charge in [0.2, 0.25) is 0 Å². The summed E-state index contributed by atoms with van der Waals surface area (Å²) in [6.45, 7) is 4.06. The topological polar surface area (TPSA) is 78.9 Å². The normalized spacial score (nSPS) is 32.8. The van der Waals surface area contributed by atoms with Crippen molar-refractivity contribution < 1.29 is 19.4 Å². The number of likely N-dealkylation sites (tertiary alicyclic amines) is 1. The maximum Gasteiger partial charge on any atom is 0.317 e. The number of nitrogens with one attached hydrogen (secondary N) is 1. The third kappa shape index (κ3) is 2.69. The molecule has 0 aromatic heterocycles. The molecule has 6 heteroatoms. The van der Waals surface area contributed by atoms with Crippen LogP contribution in [0.2, 0.25) is 0 Å². The Morgan fingerprint density at radius 3 is 2.76 bits per heavy atom. The van der Waals surface area contributed by atoms with E-state index in [0.717, 1.165) is 19.5 Å². The van der Waals surface area contributed by atoms with Crippen molar-refractivity contribution in [2.45, 2.75) is 19.4 Å². The molecule has 2 aliphatic heterocycles. The molecule has 2 saturated heterocycles. The number of carboxylic acid groups (broad SMARTS) is 1. The molecule has 3 atom stereocenters. The summed E-state index contributed by atoms with van der Waals surface area (Å²) in [7, 11) is 0. The van der Waals surface area contributed by atoms with Crippen molar-refractivity contribution in [1.29, 1.82) is 0 Å². The number of carboxylic acids is 1. The van der Waals surface area contributed by atoms with Crippen molar-refractivity contribution >= 4 is 12.0 Å². The number of carbonyl (C=O) groups is 2. The van der Waals surface area contributed by atoms with Crippen LogP contribution in [0.1, 0.15) is 13.3 Å². The van der Waals surface area contributed by atoms with Crippen molar-refractivity contribution in [1.82, 2.24) is 10.2 Å². The Morgan fingerprint density at radius 1 is 1.41 bits per heavy atom. The number of hydrogen-bond acceptors (Lipinski definition) is 3. The predicted molar refractivity (Wildman–Crippen MR) is 59.6 cm³/mol. The van der Waals surface area contributed by atoms with Crippen molar-refractivity contribution in [3.05, 3.63) is 0 Å². The van der Waals surface area contributed by atoms with Gasteiger partial charge in [0.05, 0.1) is 19.3 Å². The van der Waals surface area contributed by atoms with Crippen LogP contribution in [0.15, 0.2) is 0 Å². The second-order valence-electron chi connectivity index (χ2n) is 4.88. The first-order valence-corrected chi connectivity index (χ1v) is 5.94. The maximum atomic E-state index is 11.9. The van der Waals surface area contributed by atoms with E-state index in [9.17, 15) is 9.59 Å². The first-order chi connectivity index (χ1) is 8.08. The number of urea groups is 1. The Hall–Kier alpha value is -1.30. The van der Waals surface area contributed by atoms with Gasteiger partial charge in [-0.15, -0.1) is 0 Å². The molecule has 96 valence electrons. The lowest BCUT2D eigenvalue weighted by molar-refractivity contribution is -0.142. The zero-order valence-electron chi connectivity index (χ0n) is 9.89. The van der Waals surface area contributed by atoms with Crippen LogP contribution in [0.5, 0.6) is 0 Å². The van der Waals surface area contributed by atoms with Crippen LogP contribution in [-0.2, 0) is 9.53 Å². The average molecular weight is 242 g/mol. The highest BCUT2D eigenvalue weighted by Gasteiger charge is 2.36. The fourth-order valence-corrected chi connectivity index (χ4v) is 2.31. The van der Waals surface area contributed by atoms with Crippen LogP contribution in [0.3, 0.4) is 0 Å². The predicted octanol–water partition coefficient (Wildman–Crippen LogP) is 0.137. The monoisotopic (exact) mass is 242 g/mol.